The molecule has 0 N–H and O–H groups in total. The van der Waals surface area contributed by atoms with Crippen LogP contribution in [0, 0.1) is 0 Å². The molecule has 0 aromatic heterocycles. The smallest absolute Gasteiger partial charge is 0.309 e. The molecule has 0 bridgehead atoms. The van der Waals surface area contributed by atoms with Crippen LogP contribution < -0.4 is 0 Å². The van der Waals surface area contributed by atoms with E-state index in [1.54, 1.807) is 6.08 Å². The van der Waals surface area contributed by atoms with Crippen molar-refractivity contribution in [1.29, 1.82) is 0 Å². The summed E-state index contributed by atoms with van der Waals surface area (Å²) in [5.41, 5.74) is 0. The van der Waals surface area contributed by atoms with E-state index in [9.17, 15) is 14.4 Å². The first-order valence-electron chi connectivity index (χ1n) is 24.2. The van der Waals surface area contributed by atoms with Crippen LogP contribution >= 0.6 is 0 Å². The summed E-state index contributed by atoms with van der Waals surface area (Å²) in [5.74, 6) is -1.07. The van der Waals surface area contributed by atoms with E-state index in [0.29, 0.717) is 12.8 Å². The standard InChI is InChI=1S/C54H88O6/c1-4-7-10-13-16-19-21-23-25-27-29-30-32-35-38-41-44-47-53(56)59-50-51(49-58-52(55)46-43-40-37-34-18-15-12-9-6-3)60-54(57)48-45-42-39-36-33-31-28-26-24-22-20-17-14-11-8-5-2/h8-9,11-12,16-20,23-26,34,40,43,51H,4-7,10,13-15,21-22,27-33,35-39,41-42,44-50H2,1-3H3/b11-8-,12-9-,19-16-,20-17-,25-23-,26-24-,34-18-,43-40-. The Balaban J connectivity index is 4.43. The maximum atomic E-state index is 12.7. The first-order chi connectivity index (χ1) is 29.5. The van der Waals surface area contributed by atoms with Crippen LogP contribution in [0.15, 0.2) is 97.2 Å². The van der Waals surface area contributed by atoms with Crippen LogP contribution in [0.4, 0.5) is 0 Å². The number of ether oxygens (including phenoxy) is 3. The van der Waals surface area contributed by atoms with Crippen molar-refractivity contribution in [1.82, 2.24) is 0 Å². The molecule has 0 fully saturated rings. The predicted octanol–water partition coefficient (Wildman–Crippen LogP) is 15.8. The molecular formula is C54H88O6. The van der Waals surface area contributed by atoms with Crippen molar-refractivity contribution in [2.75, 3.05) is 13.2 Å². The fourth-order valence-corrected chi connectivity index (χ4v) is 6.25. The first kappa shape index (κ1) is 56.3. The van der Waals surface area contributed by atoms with Crippen molar-refractivity contribution < 1.29 is 28.6 Å². The van der Waals surface area contributed by atoms with E-state index in [0.717, 1.165) is 103 Å². The summed E-state index contributed by atoms with van der Waals surface area (Å²) in [6.45, 7) is 6.25. The third-order valence-corrected chi connectivity index (χ3v) is 9.84. The van der Waals surface area contributed by atoms with E-state index in [2.05, 4.69) is 106 Å². The summed E-state index contributed by atoms with van der Waals surface area (Å²) in [5, 5.41) is 0. The quantitative estimate of drug-likeness (QED) is 0.0264. The number of esters is 3. The Morgan fingerprint density at radius 1 is 0.367 bits per heavy atom. The van der Waals surface area contributed by atoms with E-state index in [1.165, 1.54) is 64.2 Å². The Hall–Kier alpha value is -3.67. The van der Waals surface area contributed by atoms with Crippen molar-refractivity contribution in [3.63, 3.8) is 0 Å². The van der Waals surface area contributed by atoms with Gasteiger partial charge in [-0.25, -0.2) is 0 Å². The fourth-order valence-electron chi connectivity index (χ4n) is 6.25. The van der Waals surface area contributed by atoms with Crippen LogP contribution in [-0.4, -0.2) is 37.2 Å². The molecule has 0 spiro atoms. The molecule has 0 aromatic rings. The minimum Gasteiger partial charge on any atom is -0.462 e. The van der Waals surface area contributed by atoms with Crippen molar-refractivity contribution in [3.05, 3.63) is 97.2 Å². The van der Waals surface area contributed by atoms with Gasteiger partial charge in [-0.1, -0.05) is 189 Å². The number of unbranched alkanes of at least 4 members (excludes halogenated alkanes) is 16. The van der Waals surface area contributed by atoms with Gasteiger partial charge in [0, 0.05) is 12.8 Å². The second-order valence-corrected chi connectivity index (χ2v) is 15.6. The number of hydrogen-bond acceptors (Lipinski definition) is 6. The molecule has 1 atom stereocenters. The zero-order valence-corrected chi connectivity index (χ0v) is 38.7. The number of hydrogen-bond donors (Lipinski definition) is 0. The fraction of sp³-hybridized carbons (Fsp3) is 0.648. The van der Waals surface area contributed by atoms with Crippen molar-refractivity contribution in [2.45, 2.75) is 213 Å². The third kappa shape index (κ3) is 45.4. The highest BCUT2D eigenvalue weighted by atomic mass is 16.6. The third-order valence-electron chi connectivity index (χ3n) is 9.84. The lowest BCUT2D eigenvalue weighted by molar-refractivity contribution is -0.166. The van der Waals surface area contributed by atoms with Gasteiger partial charge in [0.2, 0.25) is 0 Å². The maximum Gasteiger partial charge on any atom is 0.309 e. The Labute approximate surface area is 368 Å². The predicted molar refractivity (Wildman–Crippen MR) is 256 cm³/mol. The lowest BCUT2D eigenvalue weighted by Gasteiger charge is -2.18. The van der Waals surface area contributed by atoms with E-state index in [-0.39, 0.29) is 31.6 Å². The molecule has 0 saturated carbocycles. The number of rotatable bonds is 42. The molecule has 0 aliphatic heterocycles. The number of carbonyl (C=O) groups is 3. The van der Waals surface area contributed by atoms with Crippen LogP contribution in [-0.2, 0) is 28.6 Å². The second kappa shape index (κ2) is 48.0. The molecule has 1 unspecified atom stereocenters. The monoisotopic (exact) mass is 833 g/mol. The van der Waals surface area contributed by atoms with Crippen LogP contribution in [0.1, 0.15) is 207 Å². The van der Waals surface area contributed by atoms with Crippen LogP contribution in [0.5, 0.6) is 0 Å². The van der Waals surface area contributed by atoms with Crippen LogP contribution in [0.3, 0.4) is 0 Å². The van der Waals surface area contributed by atoms with Gasteiger partial charge in [0.25, 0.3) is 0 Å². The SMILES string of the molecule is CC/C=C\C/C=C\C/C=C\CCCCCCCCC(=O)OC(COC(=O)C/C=C\C/C=C\C/C=C\CC)COC(=O)CCCCCCCCC/C=C\C/C=C\CCCCC. The summed E-state index contributed by atoms with van der Waals surface area (Å²) >= 11 is 0. The zero-order chi connectivity index (χ0) is 43.7. The van der Waals surface area contributed by atoms with Crippen molar-refractivity contribution >= 4 is 17.9 Å². The molecule has 0 aliphatic rings. The van der Waals surface area contributed by atoms with Gasteiger partial charge in [-0.05, 0) is 96.3 Å². The van der Waals surface area contributed by atoms with E-state index >= 15 is 0 Å². The molecule has 0 radical (unpaired) electrons. The lowest BCUT2D eigenvalue weighted by Crippen LogP contribution is -2.30. The summed E-state index contributed by atoms with van der Waals surface area (Å²) in [4.78, 5) is 37.7. The Morgan fingerprint density at radius 3 is 1.17 bits per heavy atom. The van der Waals surface area contributed by atoms with Gasteiger partial charge in [-0.2, -0.15) is 0 Å². The van der Waals surface area contributed by atoms with E-state index < -0.39 is 12.1 Å². The Kier molecular flexibility index (Phi) is 45.1. The topological polar surface area (TPSA) is 78.9 Å². The van der Waals surface area contributed by atoms with Crippen LogP contribution in [0.2, 0.25) is 0 Å². The average Bonchev–Trinajstić information content (AvgIpc) is 3.24. The molecule has 6 nitrogen and oxygen atoms in total. The molecule has 0 aliphatic carbocycles. The molecule has 0 heterocycles. The van der Waals surface area contributed by atoms with Gasteiger partial charge >= 0.3 is 17.9 Å². The van der Waals surface area contributed by atoms with Gasteiger partial charge in [-0.3, -0.25) is 14.4 Å². The van der Waals surface area contributed by atoms with Crippen molar-refractivity contribution in [3.8, 4) is 0 Å². The Morgan fingerprint density at radius 2 is 0.717 bits per heavy atom. The van der Waals surface area contributed by atoms with E-state index in [1.807, 2.05) is 6.08 Å². The largest absolute Gasteiger partial charge is 0.462 e. The molecule has 340 valence electrons. The summed E-state index contributed by atoms with van der Waals surface area (Å²) < 4.78 is 16.6. The average molecular weight is 833 g/mol. The molecule has 0 aromatic carbocycles. The maximum absolute atomic E-state index is 12.7. The van der Waals surface area contributed by atoms with Gasteiger partial charge in [0.1, 0.15) is 13.2 Å². The minimum absolute atomic E-state index is 0.115. The summed E-state index contributed by atoms with van der Waals surface area (Å²) in [6.07, 6.45) is 62.8. The molecule has 60 heavy (non-hydrogen) atoms. The lowest BCUT2D eigenvalue weighted by atomic mass is 10.1. The highest BCUT2D eigenvalue weighted by molar-refractivity contribution is 5.72. The number of carbonyl (C=O) groups excluding carboxylic acids is 3. The molecule has 6 heteroatoms. The summed E-state index contributed by atoms with van der Waals surface area (Å²) in [7, 11) is 0. The second-order valence-electron chi connectivity index (χ2n) is 15.6. The molecular weight excluding hydrogens is 745 g/mol. The minimum atomic E-state index is -0.822. The van der Waals surface area contributed by atoms with E-state index in [4.69, 9.17) is 14.2 Å². The highest BCUT2D eigenvalue weighted by Gasteiger charge is 2.19. The van der Waals surface area contributed by atoms with Gasteiger partial charge in [0.15, 0.2) is 6.10 Å². The normalized spacial score (nSPS) is 12.9. The van der Waals surface area contributed by atoms with Crippen LogP contribution in [0.25, 0.3) is 0 Å². The molecule has 0 rings (SSSR count). The Bertz CT molecular complexity index is 1230. The first-order valence-corrected chi connectivity index (χ1v) is 24.2. The van der Waals surface area contributed by atoms with Gasteiger partial charge < -0.3 is 14.2 Å². The summed E-state index contributed by atoms with van der Waals surface area (Å²) in [6, 6.07) is 0. The molecule has 0 saturated heterocycles. The van der Waals surface area contributed by atoms with Crippen molar-refractivity contribution in [2.24, 2.45) is 0 Å². The zero-order valence-electron chi connectivity index (χ0n) is 38.7. The van der Waals surface area contributed by atoms with Gasteiger partial charge in [0.05, 0.1) is 6.42 Å². The highest BCUT2D eigenvalue weighted by Crippen LogP contribution is 2.13. The van der Waals surface area contributed by atoms with Gasteiger partial charge in [-0.15, -0.1) is 0 Å². The molecule has 0 amide bonds. The number of allylic oxidation sites excluding steroid dienone is 15.